The molecule has 2 aromatic rings. The summed E-state index contributed by atoms with van der Waals surface area (Å²) in [6, 6.07) is 8.01. The molecular formula is C20H25F2N5O. The summed E-state index contributed by atoms with van der Waals surface area (Å²) in [6.45, 7) is 4.01. The van der Waals surface area contributed by atoms with Gasteiger partial charge in [0, 0.05) is 38.9 Å². The first kappa shape index (κ1) is 19.9. The van der Waals surface area contributed by atoms with Crippen molar-refractivity contribution >= 4 is 11.8 Å². The number of benzene rings is 1. The first-order chi connectivity index (χ1) is 13.6. The number of guanidine groups is 1. The number of hydrogen-bond donors (Lipinski definition) is 2. The Labute approximate surface area is 163 Å². The molecule has 28 heavy (non-hydrogen) atoms. The highest BCUT2D eigenvalue weighted by Crippen LogP contribution is 2.21. The van der Waals surface area contributed by atoms with Crippen LogP contribution in [0.2, 0.25) is 0 Å². The number of aromatic nitrogens is 1. The number of anilines is 1. The third kappa shape index (κ3) is 4.88. The lowest BCUT2D eigenvalue weighted by atomic mass is 10.2. The van der Waals surface area contributed by atoms with Gasteiger partial charge in [-0.1, -0.05) is 6.07 Å². The molecule has 1 aliphatic rings. The lowest BCUT2D eigenvalue weighted by Crippen LogP contribution is -2.44. The molecule has 0 amide bonds. The molecule has 2 heterocycles. The van der Waals surface area contributed by atoms with Crippen molar-refractivity contribution in [1.29, 1.82) is 0 Å². The topological polar surface area (TPSA) is 61.8 Å². The number of pyridine rings is 1. The number of nitrogens with zero attached hydrogens (tertiary/aromatic N) is 3. The van der Waals surface area contributed by atoms with Gasteiger partial charge in [-0.05, 0) is 43.2 Å². The fourth-order valence-corrected chi connectivity index (χ4v) is 3.18. The van der Waals surface area contributed by atoms with E-state index < -0.39 is 0 Å². The predicted octanol–water partition coefficient (Wildman–Crippen LogP) is 2.70. The smallest absolute Gasteiger partial charge is 0.191 e. The Morgan fingerprint density at radius 3 is 2.89 bits per heavy atom. The number of nitrogens with one attached hydrogen (secondary N) is 2. The highest BCUT2D eigenvalue weighted by Gasteiger charge is 2.25. The van der Waals surface area contributed by atoms with E-state index in [0.29, 0.717) is 38.0 Å². The van der Waals surface area contributed by atoms with Crippen LogP contribution in [0, 0.1) is 11.6 Å². The standard InChI is InChI=1S/C20H25F2N5O/c1-3-28-18-7-6-14(11-17(18)22)12-25-20(23-2)26-15-8-10-27(13-15)19-16(21)5-4-9-24-19/h4-7,9,11,15H,3,8,10,12-13H2,1-2H3,(H2,23,25,26). The molecule has 1 aliphatic heterocycles. The Hall–Kier alpha value is -2.90. The van der Waals surface area contributed by atoms with E-state index in [1.807, 2.05) is 17.9 Å². The molecule has 1 atom stereocenters. The molecule has 1 saturated heterocycles. The Kier molecular flexibility index (Phi) is 6.62. The molecule has 0 bridgehead atoms. The van der Waals surface area contributed by atoms with Crippen molar-refractivity contribution < 1.29 is 13.5 Å². The summed E-state index contributed by atoms with van der Waals surface area (Å²) < 4.78 is 33.1. The monoisotopic (exact) mass is 389 g/mol. The van der Waals surface area contributed by atoms with E-state index in [-0.39, 0.29) is 23.4 Å². The summed E-state index contributed by atoms with van der Waals surface area (Å²) >= 11 is 0. The van der Waals surface area contributed by atoms with Crippen LogP contribution in [0.3, 0.4) is 0 Å². The number of halogens is 2. The van der Waals surface area contributed by atoms with Gasteiger partial charge >= 0.3 is 0 Å². The molecule has 1 fully saturated rings. The van der Waals surface area contributed by atoms with Crippen molar-refractivity contribution in [3.05, 3.63) is 53.7 Å². The lowest BCUT2D eigenvalue weighted by Gasteiger charge is -2.20. The van der Waals surface area contributed by atoms with E-state index in [1.54, 1.807) is 25.4 Å². The summed E-state index contributed by atoms with van der Waals surface area (Å²) in [5.74, 6) is 0.542. The average molecular weight is 389 g/mol. The van der Waals surface area contributed by atoms with E-state index in [4.69, 9.17) is 4.74 Å². The maximum absolute atomic E-state index is 14.0. The minimum absolute atomic E-state index is 0.115. The molecule has 0 radical (unpaired) electrons. The zero-order valence-electron chi connectivity index (χ0n) is 16.1. The minimum atomic E-state index is -0.382. The Morgan fingerprint density at radius 1 is 1.32 bits per heavy atom. The van der Waals surface area contributed by atoms with Crippen LogP contribution < -0.4 is 20.3 Å². The zero-order valence-corrected chi connectivity index (χ0v) is 16.1. The second-order valence-corrected chi connectivity index (χ2v) is 6.51. The first-order valence-corrected chi connectivity index (χ1v) is 9.34. The molecule has 0 aliphatic carbocycles. The molecule has 3 rings (SSSR count). The lowest BCUT2D eigenvalue weighted by molar-refractivity contribution is 0.321. The molecule has 0 saturated carbocycles. The number of ether oxygens (including phenoxy) is 1. The van der Waals surface area contributed by atoms with Crippen molar-refractivity contribution in [2.24, 2.45) is 4.99 Å². The largest absolute Gasteiger partial charge is 0.491 e. The number of aliphatic imine (C=N–C) groups is 1. The van der Waals surface area contributed by atoms with Crippen molar-refractivity contribution in [2.75, 3.05) is 31.6 Å². The van der Waals surface area contributed by atoms with Crippen LogP contribution in [0.15, 0.2) is 41.5 Å². The van der Waals surface area contributed by atoms with Crippen LogP contribution in [-0.2, 0) is 6.54 Å². The normalized spacial score (nSPS) is 16.9. The van der Waals surface area contributed by atoms with Gasteiger partial charge in [0.25, 0.3) is 0 Å². The Bertz CT molecular complexity index is 830. The molecule has 0 spiro atoms. The van der Waals surface area contributed by atoms with Crippen molar-refractivity contribution in [1.82, 2.24) is 15.6 Å². The molecule has 6 nitrogen and oxygen atoms in total. The fraction of sp³-hybridized carbons (Fsp3) is 0.400. The molecule has 1 aromatic heterocycles. The fourth-order valence-electron chi connectivity index (χ4n) is 3.18. The van der Waals surface area contributed by atoms with Gasteiger partial charge in [-0.3, -0.25) is 4.99 Å². The SMILES string of the molecule is CCOc1ccc(CNC(=NC)NC2CCN(c3ncccc3F)C2)cc1F. The van der Waals surface area contributed by atoms with E-state index in [1.165, 1.54) is 12.1 Å². The van der Waals surface area contributed by atoms with Gasteiger partial charge in [-0.25, -0.2) is 13.8 Å². The van der Waals surface area contributed by atoms with E-state index in [2.05, 4.69) is 20.6 Å². The molecule has 150 valence electrons. The van der Waals surface area contributed by atoms with Gasteiger partial charge in [0.2, 0.25) is 0 Å². The molecule has 1 unspecified atom stereocenters. The second kappa shape index (κ2) is 9.34. The number of hydrogen-bond acceptors (Lipinski definition) is 4. The summed E-state index contributed by atoms with van der Waals surface area (Å²) in [6.07, 6.45) is 2.43. The first-order valence-electron chi connectivity index (χ1n) is 9.34. The maximum atomic E-state index is 14.0. The van der Waals surface area contributed by atoms with Gasteiger partial charge in [0.05, 0.1) is 6.61 Å². The predicted molar refractivity (Wildman–Crippen MR) is 106 cm³/mol. The summed E-state index contributed by atoms with van der Waals surface area (Å²) in [5, 5.41) is 6.51. The third-order valence-corrected chi connectivity index (χ3v) is 4.55. The molecule has 2 N–H and O–H groups in total. The van der Waals surface area contributed by atoms with Gasteiger partial charge < -0.3 is 20.3 Å². The van der Waals surface area contributed by atoms with Crippen LogP contribution >= 0.6 is 0 Å². The quantitative estimate of drug-likeness (QED) is 0.588. The van der Waals surface area contributed by atoms with Gasteiger partial charge in [-0.2, -0.15) is 0 Å². The molecule has 8 heteroatoms. The van der Waals surface area contributed by atoms with Gasteiger partial charge in [0.1, 0.15) is 0 Å². The Morgan fingerprint density at radius 2 is 2.18 bits per heavy atom. The van der Waals surface area contributed by atoms with Gasteiger partial charge in [-0.15, -0.1) is 0 Å². The highest BCUT2D eigenvalue weighted by atomic mass is 19.1. The van der Waals surface area contributed by atoms with E-state index in [9.17, 15) is 8.78 Å². The second-order valence-electron chi connectivity index (χ2n) is 6.51. The van der Waals surface area contributed by atoms with Crippen molar-refractivity contribution in [3.8, 4) is 5.75 Å². The van der Waals surface area contributed by atoms with Crippen LogP contribution in [0.4, 0.5) is 14.6 Å². The highest BCUT2D eigenvalue weighted by molar-refractivity contribution is 5.80. The summed E-state index contributed by atoms with van der Waals surface area (Å²) in [5.41, 5.74) is 0.785. The van der Waals surface area contributed by atoms with Crippen molar-refractivity contribution in [2.45, 2.75) is 25.9 Å². The average Bonchev–Trinajstić information content (AvgIpc) is 3.16. The van der Waals surface area contributed by atoms with Gasteiger partial charge in [0.15, 0.2) is 29.2 Å². The summed E-state index contributed by atoms with van der Waals surface area (Å²) in [4.78, 5) is 10.3. The van der Waals surface area contributed by atoms with E-state index >= 15 is 0 Å². The van der Waals surface area contributed by atoms with Crippen LogP contribution in [0.1, 0.15) is 18.9 Å². The zero-order chi connectivity index (χ0) is 19.9. The summed E-state index contributed by atoms with van der Waals surface area (Å²) in [7, 11) is 1.68. The van der Waals surface area contributed by atoms with E-state index in [0.717, 1.165) is 12.0 Å². The number of rotatable bonds is 6. The Balaban J connectivity index is 1.53. The molecular weight excluding hydrogens is 364 g/mol. The van der Waals surface area contributed by atoms with Crippen LogP contribution in [-0.4, -0.2) is 43.7 Å². The molecule has 1 aromatic carbocycles. The van der Waals surface area contributed by atoms with Crippen LogP contribution in [0.25, 0.3) is 0 Å². The maximum Gasteiger partial charge on any atom is 0.191 e. The van der Waals surface area contributed by atoms with Crippen LogP contribution in [0.5, 0.6) is 5.75 Å². The minimum Gasteiger partial charge on any atom is -0.491 e. The van der Waals surface area contributed by atoms with Crippen molar-refractivity contribution in [3.63, 3.8) is 0 Å². The third-order valence-electron chi connectivity index (χ3n) is 4.55.